The van der Waals surface area contributed by atoms with Crippen LogP contribution in [0.2, 0.25) is 0 Å². The second-order valence-corrected chi connectivity index (χ2v) is 5.45. The molecule has 0 bridgehead atoms. The lowest BCUT2D eigenvalue weighted by molar-refractivity contribution is -0.0706. The van der Waals surface area contributed by atoms with Crippen LogP contribution in [0.25, 0.3) is 0 Å². The van der Waals surface area contributed by atoms with Gasteiger partial charge in [-0.25, -0.2) is 0 Å². The van der Waals surface area contributed by atoms with Crippen LogP contribution in [-0.2, 0) is 4.74 Å². The molecule has 4 nitrogen and oxygen atoms in total. The fourth-order valence-corrected chi connectivity index (χ4v) is 2.65. The Morgan fingerprint density at radius 1 is 1.20 bits per heavy atom. The molecule has 1 aromatic rings. The summed E-state index contributed by atoms with van der Waals surface area (Å²) in [5.74, 6) is 1.66. The summed E-state index contributed by atoms with van der Waals surface area (Å²) in [7, 11) is 5.15. The maximum absolute atomic E-state index is 5.64. The Morgan fingerprint density at radius 3 is 2.45 bits per heavy atom. The van der Waals surface area contributed by atoms with Crippen molar-refractivity contribution in [3.05, 3.63) is 23.8 Å². The summed E-state index contributed by atoms with van der Waals surface area (Å²) >= 11 is 0. The molecule has 1 aromatic carbocycles. The molecule has 1 saturated carbocycles. The third-order valence-corrected chi connectivity index (χ3v) is 4.34. The van der Waals surface area contributed by atoms with Crippen molar-refractivity contribution in [2.24, 2.45) is 0 Å². The van der Waals surface area contributed by atoms with E-state index in [1.54, 1.807) is 21.3 Å². The smallest absolute Gasteiger partial charge is 0.127 e. The monoisotopic (exact) mass is 279 g/mol. The van der Waals surface area contributed by atoms with Crippen LogP contribution >= 0.6 is 0 Å². The quantitative estimate of drug-likeness (QED) is 0.833. The molecular weight excluding hydrogens is 254 g/mol. The second-order valence-electron chi connectivity index (χ2n) is 5.45. The average molecular weight is 279 g/mol. The van der Waals surface area contributed by atoms with E-state index in [1.165, 1.54) is 6.42 Å². The average Bonchev–Trinajstić information content (AvgIpc) is 2.45. The first kappa shape index (κ1) is 15.1. The number of ether oxygens (including phenoxy) is 3. The van der Waals surface area contributed by atoms with Gasteiger partial charge < -0.3 is 19.5 Å². The standard InChI is InChI=1S/C16H25NO3/c1-12(17-11-16(20-4)8-5-9-16)14-7-6-13(18-2)10-15(14)19-3/h6-7,10,12,17H,5,8-9,11H2,1-4H3. The van der Waals surface area contributed by atoms with Crippen molar-refractivity contribution in [1.82, 2.24) is 5.32 Å². The largest absolute Gasteiger partial charge is 0.497 e. The summed E-state index contributed by atoms with van der Waals surface area (Å²) in [6.07, 6.45) is 3.54. The van der Waals surface area contributed by atoms with Gasteiger partial charge in [0.05, 0.1) is 19.8 Å². The van der Waals surface area contributed by atoms with E-state index in [9.17, 15) is 0 Å². The summed E-state index contributed by atoms with van der Waals surface area (Å²) in [5, 5.41) is 3.56. The maximum Gasteiger partial charge on any atom is 0.127 e. The Labute approximate surface area is 121 Å². The van der Waals surface area contributed by atoms with Crippen molar-refractivity contribution < 1.29 is 14.2 Å². The SMILES string of the molecule is COc1ccc(C(C)NCC2(OC)CCC2)c(OC)c1. The van der Waals surface area contributed by atoms with Gasteiger partial charge in [0.25, 0.3) is 0 Å². The highest BCUT2D eigenvalue weighted by Gasteiger charge is 2.37. The molecule has 112 valence electrons. The molecule has 0 heterocycles. The van der Waals surface area contributed by atoms with Gasteiger partial charge in [-0.2, -0.15) is 0 Å². The zero-order chi connectivity index (χ0) is 14.6. The van der Waals surface area contributed by atoms with E-state index in [1.807, 2.05) is 12.1 Å². The third kappa shape index (κ3) is 3.07. The minimum absolute atomic E-state index is 0.0357. The van der Waals surface area contributed by atoms with Gasteiger partial charge in [0.1, 0.15) is 11.5 Å². The molecule has 4 heteroatoms. The molecule has 1 aliphatic carbocycles. The lowest BCUT2D eigenvalue weighted by atomic mass is 9.80. The van der Waals surface area contributed by atoms with Crippen molar-refractivity contribution in [2.45, 2.75) is 37.8 Å². The molecule has 20 heavy (non-hydrogen) atoms. The first-order valence-electron chi connectivity index (χ1n) is 7.14. The minimum Gasteiger partial charge on any atom is -0.497 e. The molecule has 0 radical (unpaired) electrons. The Balaban J connectivity index is 2.03. The van der Waals surface area contributed by atoms with Gasteiger partial charge in [0.15, 0.2) is 0 Å². The van der Waals surface area contributed by atoms with Gasteiger partial charge in [-0.15, -0.1) is 0 Å². The fourth-order valence-electron chi connectivity index (χ4n) is 2.65. The number of hydrogen-bond donors (Lipinski definition) is 1. The Bertz CT molecular complexity index is 438. The number of rotatable bonds is 7. The summed E-state index contributed by atoms with van der Waals surface area (Å²) in [5.41, 5.74) is 1.17. The predicted octanol–water partition coefficient (Wildman–Crippen LogP) is 2.92. The topological polar surface area (TPSA) is 39.7 Å². The Hall–Kier alpha value is -1.26. The highest BCUT2D eigenvalue weighted by atomic mass is 16.5. The lowest BCUT2D eigenvalue weighted by Gasteiger charge is -2.41. The predicted molar refractivity (Wildman–Crippen MR) is 79.6 cm³/mol. The van der Waals surface area contributed by atoms with Gasteiger partial charge in [-0.05, 0) is 32.3 Å². The Kier molecular flexibility index (Phi) is 4.89. The van der Waals surface area contributed by atoms with E-state index in [4.69, 9.17) is 14.2 Å². The first-order valence-corrected chi connectivity index (χ1v) is 7.14. The molecule has 1 atom stereocenters. The van der Waals surface area contributed by atoms with Crippen molar-refractivity contribution in [1.29, 1.82) is 0 Å². The Morgan fingerprint density at radius 2 is 1.95 bits per heavy atom. The molecule has 0 amide bonds. The second kappa shape index (κ2) is 6.46. The summed E-state index contributed by atoms with van der Waals surface area (Å²) in [6, 6.07) is 6.15. The maximum atomic E-state index is 5.64. The van der Waals surface area contributed by atoms with Crippen molar-refractivity contribution in [3.8, 4) is 11.5 Å². The zero-order valence-electron chi connectivity index (χ0n) is 12.9. The third-order valence-electron chi connectivity index (χ3n) is 4.34. The van der Waals surface area contributed by atoms with Gasteiger partial charge in [0.2, 0.25) is 0 Å². The highest BCUT2D eigenvalue weighted by molar-refractivity contribution is 5.42. The first-order chi connectivity index (χ1) is 9.64. The van der Waals surface area contributed by atoms with Crippen LogP contribution in [0.15, 0.2) is 18.2 Å². The van der Waals surface area contributed by atoms with E-state index in [2.05, 4.69) is 18.3 Å². The zero-order valence-corrected chi connectivity index (χ0v) is 12.9. The van der Waals surface area contributed by atoms with Crippen molar-refractivity contribution >= 4 is 0 Å². The lowest BCUT2D eigenvalue weighted by Crippen LogP contribution is -2.48. The fraction of sp³-hybridized carbons (Fsp3) is 0.625. The molecule has 0 spiro atoms. The molecule has 2 rings (SSSR count). The number of nitrogens with one attached hydrogen (secondary N) is 1. The number of hydrogen-bond acceptors (Lipinski definition) is 4. The van der Waals surface area contributed by atoms with Gasteiger partial charge in [-0.3, -0.25) is 0 Å². The summed E-state index contributed by atoms with van der Waals surface area (Å²) in [6.45, 7) is 3.02. The summed E-state index contributed by atoms with van der Waals surface area (Å²) in [4.78, 5) is 0. The van der Waals surface area contributed by atoms with E-state index >= 15 is 0 Å². The molecular formula is C16H25NO3. The normalized spacial score (nSPS) is 18.2. The van der Waals surface area contributed by atoms with Crippen LogP contribution in [0.4, 0.5) is 0 Å². The molecule has 0 aromatic heterocycles. The van der Waals surface area contributed by atoms with Crippen LogP contribution in [0, 0.1) is 0 Å². The van der Waals surface area contributed by atoms with Gasteiger partial charge in [-0.1, -0.05) is 6.07 Å². The number of methoxy groups -OCH3 is 3. The van der Waals surface area contributed by atoms with Crippen LogP contribution < -0.4 is 14.8 Å². The van der Waals surface area contributed by atoms with Crippen LogP contribution in [0.5, 0.6) is 11.5 Å². The van der Waals surface area contributed by atoms with Gasteiger partial charge in [0, 0.05) is 31.3 Å². The highest BCUT2D eigenvalue weighted by Crippen LogP contribution is 2.35. The van der Waals surface area contributed by atoms with Crippen LogP contribution in [0.3, 0.4) is 0 Å². The molecule has 1 aliphatic rings. The van der Waals surface area contributed by atoms with Crippen LogP contribution in [0.1, 0.15) is 37.8 Å². The molecule has 1 unspecified atom stereocenters. The van der Waals surface area contributed by atoms with E-state index in [0.29, 0.717) is 0 Å². The molecule has 1 N–H and O–H groups in total. The molecule has 0 aliphatic heterocycles. The van der Waals surface area contributed by atoms with E-state index in [0.717, 1.165) is 36.4 Å². The van der Waals surface area contributed by atoms with Crippen molar-refractivity contribution in [2.75, 3.05) is 27.9 Å². The number of benzene rings is 1. The molecule has 1 fully saturated rings. The van der Waals surface area contributed by atoms with Crippen molar-refractivity contribution in [3.63, 3.8) is 0 Å². The van der Waals surface area contributed by atoms with E-state index in [-0.39, 0.29) is 11.6 Å². The minimum atomic E-state index is 0.0357. The molecule has 0 saturated heterocycles. The summed E-state index contributed by atoms with van der Waals surface area (Å²) < 4.78 is 16.3. The van der Waals surface area contributed by atoms with Crippen LogP contribution in [-0.4, -0.2) is 33.5 Å². The van der Waals surface area contributed by atoms with E-state index < -0.39 is 0 Å². The van der Waals surface area contributed by atoms with Gasteiger partial charge >= 0.3 is 0 Å².